The normalized spacial score (nSPS) is 12.2. The van der Waals surface area contributed by atoms with Gasteiger partial charge in [0.05, 0.1) is 11.5 Å². The number of rotatable bonds is 9. The molecular weight excluding hydrogens is 448 g/mol. The Kier molecular flexibility index (Phi) is 7.90. The smallest absolute Gasteiger partial charge is 0.242 e. The second-order valence-corrected chi connectivity index (χ2v) is 9.37. The minimum atomic E-state index is -3.96. The first-order valence-electron chi connectivity index (χ1n) is 10.1. The van der Waals surface area contributed by atoms with Crippen molar-refractivity contribution < 1.29 is 17.9 Å². The molecule has 3 aromatic carbocycles. The number of sulfonamides is 1. The molecule has 0 fully saturated rings. The van der Waals surface area contributed by atoms with Gasteiger partial charge >= 0.3 is 0 Å². The van der Waals surface area contributed by atoms with E-state index in [1.807, 2.05) is 44.2 Å². The van der Waals surface area contributed by atoms with E-state index >= 15 is 0 Å². The van der Waals surface area contributed by atoms with E-state index in [2.05, 4.69) is 10.0 Å². The summed E-state index contributed by atoms with van der Waals surface area (Å²) in [5.41, 5.74) is 2.17. The standard InChI is InChI=1S/C24H25ClN2O4S/c1-3-31-20-11-13-21(14-12-20)32(29,30)27-23(15-18-7-5-4-6-8-18)24(28)26-22-16-19(25)10-9-17(22)2/h4-14,16,23,27H,3,15H2,1-2H3,(H,26,28). The van der Waals surface area contributed by atoms with Gasteiger partial charge in [-0.05, 0) is 67.8 Å². The molecule has 0 saturated heterocycles. The molecule has 3 aromatic rings. The Hall–Kier alpha value is -2.87. The third-order valence-electron chi connectivity index (χ3n) is 4.80. The molecule has 168 valence electrons. The van der Waals surface area contributed by atoms with E-state index in [0.29, 0.717) is 23.1 Å². The summed E-state index contributed by atoms with van der Waals surface area (Å²) in [5.74, 6) is 0.0928. The predicted octanol–water partition coefficient (Wildman–Crippen LogP) is 4.58. The molecule has 0 spiro atoms. The lowest BCUT2D eigenvalue weighted by atomic mass is 10.1. The highest BCUT2D eigenvalue weighted by atomic mass is 35.5. The van der Waals surface area contributed by atoms with Gasteiger partial charge in [-0.15, -0.1) is 0 Å². The molecule has 32 heavy (non-hydrogen) atoms. The molecule has 0 heterocycles. The summed E-state index contributed by atoms with van der Waals surface area (Å²) in [6.45, 7) is 4.16. The van der Waals surface area contributed by atoms with Crippen molar-refractivity contribution in [3.63, 3.8) is 0 Å². The van der Waals surface area contributed by atoms with E-state index in [4.69, 9.17) is 16.3 Å². The first-order valence-corrected chi connectivity index (χ1v) is 12.0. The first kappa shape index (κ1) is 23.8. The third-order valence-corrected chi connectivity index (χ3v) is 6.52. The zero-order valence-corrected chi connectivity index (χ0v) is 19.4. The number of hydrogen-bond acceptors (Lipinski definition) is 4. The number of halogens is 1. The van der Waals surface area contributed by atoms with Gasteiger partial charge in [0.1, 0.15) is 11.8 Å². The summed E-state index contributed by atoms with van der Waals surface area (Å²) in [6, 6.07) is 19.4. The lowest BCUT2D eigenvalue weighted by Gasteiger charge is -2.20. The summed E-state index contributed by atoms with van der Waals surface area (Å²) in [6.07, 6.45) is 0.183. The maximum absolute atomic E-state index is 13.1. The highest BCUT2D eigenvalue weighted by Gasteiger charge is 2.26. The molecule has 0 aliphatic heterocycles. The summed E-state index contributed by atoms with van der Waals surface area (Å²) in [5, 5.41) is 3.27. The molecular formula is C24H25ClN2O4S. The van der Waals surface area contributed by atoms with Crippen LogP contribution in [0.2, 0.25) is 5.02 Å². The van der Waals surface area contributed by atoms with Gasteiger partial charge < -0.3 is 10.1 Å². The van der Waals surface area contributed by atoms with Gasteiger partial charge in [-0.2, -0.15) is 4.72 Å². The Balaban J connectivity index is 1.86. The number of amides is 1. The lowest BCUT2D eigenvalue weighted by Crippen LogP contribution is -2.45. The average Bonchev–Trinajstić information content (AvgIpc) is 2.77. The summed E-state index contributed by atoms with van der Waals surface area (Å²) in [4.78, 5) is 13.2. The van der Waals surface area contributed by atoms with Gasteiger partial charge in [-0.1, -0.05) is 48.0 Å². The fourth-order valence-electron chi connectivity index (χ4n) is 3.12. The molecule has 0 radical (unpaired) electrons. The second kappa shape index (κ2) is 10.6. The van der Waals surface area contributed by atoms with Crippen LogP contribution in [-0.4, -0.2) is 27.0 Å². The zero-order chi connectivity index (χ0) is 23.1. The topological polar surface area (TPSA) is 84.5 Å². The largest absolute Gasteiger partial charge is 0.494 e. The predicted molar refractivity (Wildman–Crippen MR) is 127 cm³/mol. The number of aryl methyl sites for hydroxylation is 1. The Bertz CT molecular complexity index is 1170. The van der Waals surface area contributed by atoms with E-state index in [0.717, 1.165) is 11.1 Å². The molecule has 6 nitrogen and oxygen atoms in total. The number of carbonyl (C=O) groups is 1. The molecule has 0 aliphatic carbocycles. The number of ether oxygens (including phenoxy) is 1. The minimum Gasteiger partial charge on any atom is -0.494 e. The number of nitrogens with one attached hydrogen (secondary N) is 2. The van der Waals surface area contributed by atoms with Crippen LogP contribution in [0.15, 0.2) is 77.7 Å². The number of hydrogen-bond donors (Lipinski definition) is 2. The molecule has 0 aromatic heterocycles. The maximum Gasteiger partial charge on any atom is 0.242 e. The van der Waals surface area contributed by atoms with Crippen molar-refractivity contribution in [2.24, 2.45) is 0 Å². The molecule has 0 aliphatic rings. The fraction of sp³-hybridized carbons (Fsp3) is 0.208. The molecule has 1 unspecified atom stereocenters. The lowest BCUT2D eigenvalue weighted by molar-refractivity contribution is -0.117. The number of benzene rings is 3. The van der Waals surface area contributed by atoms with Crippen molar-refractivity contribution in [3.05, 3.63) is 88.9 Å². The quantitative estimate of drug-likeness (QED) is 0.477. The highest BCUT2D eigenvalue weighted by molar-refractivity contribution is 7.89. The van der Waals surface area contributed by atoms with Crippen molar-refractivity contribution in [3.8, 4) is 5.75 Å². The molecule has 2 N–H and O–H groups in total. The van der Waals surface area contributed by atoms with Crippen LogP contribution in [0.4, 0.5) is 5.69 Å². The van der Waals surface area contributed by atoms with Gasteiger partial charge in [0.25, 0.3) is 0 Å². The fourth-order valence-corrected chi connectivity index (χ4v) is 4.49. The third kappa shape index (κ3) is 6.32. The maximum atomic E-state index is 13.1. The van der Waals surface area contributed by atoms with Gasteiger partial charge in [0.15, 0.2) is 0 Å². The van der Waals surface area contributed by atoms with Crippen LogP contribution in [0.1, 0.15) is 18.1 Å². The Morgan fingerprint density at radius 3 is 2.38 bits per heavy atom. The van der Waals surface area contributed by atoms with E-state index in [1.54, 1.807) is 30.3 Å². The Morgan fingerprint density at radius 2 is 1.72 bits per heavy atom. The number of carbonyl (C=O) groups excluding carboxylic acids is 1. The average molecular weight is 473 g/mol. The van der Waals surface area contributed by atoms with Crippen molar-refractivity contribution in [1.82, 2.24) is 4.72 Å². The molecule has 1 atom stereocenters. The molecule has 0 saturated carbocycles. The van der Waals surface area contributed by atoms with Crippen molar-refractivity contribution >= 4 is 33.2 Å². The minimum absolute atomic E-state index is 0.0470. The SMILES string of the molecule is CCOc1ccc(S(=O)(=O)NC(Cc2ccccc2)C(=O)Nc2cc(Cl)ccc2C)cc1. The van der Waals surface area contributed by atoms with Gasteiger partial charge in [0, 0.05) is 10.7 Å². The summed E-state index contributed by atoms with van der Waals surface area (Å²) >= 11 is 6.06. The molecule has 3 rings (SSSR count). The van der Waals surface area contributed by atoms with Crippen molar-refractivity contribution in [1.29, 1.82) is 0 Å². The Labute approximate surface area is 193 Å². The first-order chi connectivity index (χ1) is 15.3. The van der Waals surface area contributed by atoms with Crippen LogP contribution in [0.5, 0.6) is 5.75 Å². The second-order valence-electron chi connectivity index (χ2n) is 7.22. The Morgan fingerprint density at radius 1 is 1.03 bits per heavy atom. The van der Waals surface area contributed by atoms with E-state index in [-0.39, 0.29) is 11.3 Å². The monoisotopic (exact) mass is 472 g/mol. The van der Waals surface area contributed by atoms with Gasteiger partial charge in [0.2, 0.25) is 15.9 Å². The zero-order valence-electron chi connectivity index (χ0n) is 17.8. The van der Waals surface area contributed by atoms with Crippen LogP contribution in [0, 0.1) is 6.92 Å². The van der Waals surface area contributed by atoms with Gasteiger partial charge in [-0.3, -0.25) is 4.79 Å². The van der Waals surface area contributed by atoms with Gasteiger partial charge in [-0.25, -0.2) is 8.42 Å². The van der Waals surface area contributed by atoms with Crippen molar-refractivity contribution in [2.45, 2.75) is 31.2 Å². The van der Waals surface area contributed by atoms with Crippen LogP contribution in [0.3, 0.4) is 0 Å². The van der Waals surface area contributed by atoms with E-state index in [1.165, 1.54) is 12.1 Å². The number of anilines is 1. The van der Waals surface area contributed by atoms with Crippen molar-refractivity contribution in [2.75, 3.05) is 11.9 Å². The molecule has 0 bridgehead atoms. The molecule has 8 heteroatoms. The van der Waals surface area contributed by atoms with Crippen LogP contribution >= 0.6 is 11.6 Å². The van der Waals surface area contributed by atoms with E-state index in [9.17, 15) is 13.2 Å². The summed E-state index contributed by atoms with van der Waals surface area (Å²) in [7, 11) is -3.96. The summed E-state index contributed by atoms with van der Waals surface area (Å²) < 4.78 is 34.0. The van der Waals surface area contributed by atoms with Crippen LogP contribution < -0.4 is 14.8 Å². The highest BCUT2D eigenvalue weighted by Crippen LogP contribution is 2.21. The van der Waals surface area contributed by atoms with Crippen LogP contribution in [0.25, 0.3) is 0 Å². The van der Waals surface area contributed by atoms with E-state index < -0.39 is 22.0 Å². The molecule has 1 amide bonds. The van der Waals surface area contributed by atoms with Crippen LogP contribution in [-0.2, 0) is 21.2 Å².